The van der Waals surface area contributed by atoms with Crippen molar-refractivity contribution in [2.75, 3.05) is 0 Å². The molecule has 0 atom stereocenters. The molecule has 1 heterocycles. The predicted octanol–water partition coefficient (Wildman–Crippen LogP) is 5.20. The van der Waals surface area contributed by atoms with E-state index in [2.05, 4.69) is 38.1 Å². The Bertz CT molecular complexity index is 574. The molecule has 0 fully saturated rings. The lowest BCUT2D eigenvalue weighted by atomic mass is 9.87. The zero-order valence-electron chi connectivity index (χ0n) is 12.2. The number of aryl methyl sites for hydroxylation is 2. The van der Waals surface area contributed by atoms with Crippen LogP contribution in [0.5, 0.6) is 0 Å². The number of benzene rings is 1. The maximum atomic E-state index is 6.41. The number of nitrogens with zero attached hydrogens (tertiary/aromatic N) is 1. The van der Waals surface area contributed by atoms with E-state index >= 15 is 0 Å². The van der Waals surface area contributed by atoms with Crippen molar-refractivity contribution < 1.29 is 4.52 Å². The fraction of sp³-hybridized carbons (Fsp3) is 0.438. The molecule has 0 aliphatic carbocycles. The average molecular weight is 278 g/mol. The first-order valence-electron chi connectivity index (χ1n) is 6.49. The Morgan fingerprint density at radius 3 is 2.37 bits per heavy atom. The highest BCUT2D eigenvalue weighted by molar-refractivity contribution is 6.31. The van der Waals surface area contributed by atoms with Crippen molar-refractivity contribution >= 4 is 11.6 Å². The molecule has 0 unspecified atom stereocenters. The monoisotopic (exact) mass is 277 g/mol. The minimum absolute atomic E-state index is 0.230. The third kappa shape index (κ3) is 3.19. The summed E-state index contributed by atoms with van der Waals surface area (Å²) < 4.78 is 5.21. The van der Waals surface area contributed by atoms with Crippen LogP contribution in [-0.4, -0.2) is 5.16 Å². The van der Waals surface area contributed by atoms with E-state index in [4.69, 9.17) is 16.1 Å². The molecule has 0 bridgehead atoms. The molecule has 0 amide bonds. The van der Waals surface area contributed by atoms with Crippen molar-refractivity contribution in [2.24, 2.45) is 5.41 Å². The number of rotatable bonds is 2. The van der Waals surface area contributed by atoms with Gasteiger partial charge in [0.2, 0.25) is 0 Å². The summed E-state index contributed by atoms with van der Waals surface area (Å²) in [7, 11) is 0. The fourth-order valence-electron chi connectivity index (χ4n) is 2.31. The highest BCUT2D eigenvalue weighted by Crippen LogP contribution is 2.32. The SMILES string of the molecule is Cc1noc(C)c1-c1ccc(CC(C)(C)C)c(Cl)c1. The van der Waals surface area contributed by atoms with Gasteiger partial charge in [0.25, 0.3) is 0 Å². The Morgan fingerprint density at radius 1 is 1.21 bits per heavy atom. The molecule has 0 saturated carbocycles. The molecular formula is C16H20ClNO. The van der Waals surface area contributed by atoms with Crippen molar-refractivity contribution in [1.82, 2.24) is 5.16 Å². The Kier molecular flexibility index (Phi) is 3.73. The molecule has 0 aliphatic heterocycles. The van der Waals surface area contributed by atoms with Crippen molar-refractivity contribution in [3.8, 4) is 11.1 Å². The van der Waals surface area contributed by atoms with Crippen LogP contribution in [0.15, 0.2) is 22.7 Å². The molecule has 0 aliphatic rings. The molecule has 2 aromatic rings. The summed E-state index contributed by atoms with van der Waals surface area (Å²) in [6.07, 6.45) is 0.966. The van der Waals surface area contributed by atoms with E-state index in [9.17, 15) is 0 Å². The van der Waals surface area contributed by atoms with Gasteiger partial charge in [-0.2, -0.15) is 0 Å². The summed E-state index contributed by atoms with van der Waals surface area (Å²) in [4.78, 5) is 0. The second-order valence-corrected chi connectivity index (χ2v) is 6.65. The first-order valence-corrected chi connectivity index (χ1v) is 6.87. The first-order chi connectivity index (χ1) is 8.78. The zero-order valence-corrected chi connectivity index (χ0v) is 12.9. The van der Waals surface area contributed by atoms with Crippen LogP contribution in [0.4, 0.5) is 0 Å². The van der Waals surface area contributed by atoms with E-state index in [1.165, 1.54) is 5.56 Å². The van der Waals surface area contributed by atoms with E-state index in [0.29, 0.717) is 0 Å². The van der Waals surface area contributed by atoms with Gasteiger partial charge in [0.05, 0.1) is 5.69 Å². The highest BCUT2D eigenvalue weighted by Gasteiger charge is 2.16. The van der Waals surface area contributed by atoms with E-state index in [-0.39, 0.29) is 5.41 Å². The smallest absolute Gasteiger partial charge is 0.141 e. The van der Waals surface area contributed by atoms with Gasteiger partial charge in [-0.15, -0.1) is 0 Å². The number of aromatic nitrogens is 1. The van der Waals surface area contributed by atoms with Crippen molar-refractivity contribution in [3.05, 3.63) is 40.2 Å². The molecule has 102 valence electrons. The minimum Gasteiger partial charge on any atom is -0.361 e. The van der Waals surface area contributed by atoms with Crippen molar-refractivity contribution in [3.63, 3.8) is 0 Å². The molecule has 0 saturated heterocycles. The quantitative estimate of drug-likeness (QED) is 0.754. The summed E-state index contributed by atoms with van der Waals surface area (Å²) in [5.74, 6) is 0.831. The van der Waals surface area contributed by atoms with Gasteiger partial charge in [-0.1, -0.05) is 49.7 Å². The topological polar surface area (TPSA) is 26.0 Å². The van der Waals surface area contributed by atoms with Crippen LogP contribution in [0.1, 0.15) is 37.8 Å². The molecule has 2 rings (SSSR count). The lowest BCUT2D eigenvalue weighted by Crippen LogP contribution is -2.09. The second-order valence-electron chi connectivity index (χ2n) is 6.24. The molecule has 2 nitrogen and oxygen atoms in total. The van der Waals surface area contributed by atoms with Crippen LogP contribution in [-0.2, 0) is 6.42 Å². The third-order valence-corrected chi connectivity index (χ3v) is 3.45. The lowest BCUT2D eigenvalue weighted by Gasteiger charge is -2.19. The molecule has 19 heavy (non-hydrogen) atoms. The standard InChI is InChI=1S/C16H20ClNO/c1-10-15(11(2)19-18-10)12-6-7-13(14(17)8-12)9-16(3,4)5/h6-8H,9H2,1-5H3. The average Bonchev–Trinajstić information content (AvgIpc) is 2.60. The maximum absolute atomic E-state index is 6.41. The van der Waals surface area contributed by atoms with Gasteiger partial charge in [-0.3, -0.25) is 0 Å². The van der Waals surface area contributed by atoms with Gasteiger partial charge in [-0.25, -0.2) is 0 Å². The maximum Gasteiger partial charge on any atom is 0.141 e. The molecule has 1 aromatic heterocycles. The van der Waals surface area contributed by atoms with Gasteiger partial charge >= 0.3 is 0 Å². The largest absolute Gasteiger partial charge is 0.361 e. The van der Waals surface area contributed by atoms with Crippen molar-refractivity contribution in [1.29, 1.82) is 0 Å². The molecule has 0 radical (unpaired) electrons. The Labute approximate surface area is 119 Å². The minimum atomic E-state index is 0.230. The van der Waals surface area contributed by atoms with Gasteiger partial charge < -0.3 is 4.52 Å². The van der Waals surface area contributed by atoms with E-state index in [0.717, 1.165) is 34.0 Å². The van der Waals surface area contributed by atoms with Crippen LogP contribution >= 0.6 is 11.6 Å². The molecule has 0 N–H and O–H groups in total. The Hall–Kier alpha value is -1.28. The number of hydrogen-bond donors (Lipinski definition) is 0. The molecule has 0 spiro atoms. The van der Waals surface area contributed by atoms with Gasteiger partial charge in [0.1, 0.15) is 5.76 Å². The third-order valence-electron chi connectivity index (χ3n) is 3.10. The predicted molar refractivity (Wildman–Crippen MR) is 79.6 cm³/mol. The first kappa shape index (κ1) is 14.1. The van der Waals surface area contributed by atoms with E-state index in [1.54, 1.807) is 0 Å². The number of halogens is 1. The summed E-state index contributed by atoms with van der Waals surface area (Å²) >= 11 is 6.41. The van der Waals surface area contributed by atoms with Crippen LogP contribution in [0.25, 0.3) is 11.1 Å². The summed E-state index contributed by atoms with van der Waals surface area (Å²) in [5.41, 5.74) is 4.43. The van der Waals surface area contributed by atoms with Crippen LogP contribution < -0.4 is 0 Å². The fourth-order valence-corrected chi connectivity index (χ4v) is 2.56. The summed E-state index contributed by atoms with van der Waals surface area (Å²) in [6.45, 7) is 10.5. The molecule has 3 heteroatoms. The van der Waals surface area contributed by atoms with E-state index < -0.39 is 0 Å². The number of hydrogen-bond acceptors (Lipinski definition) is 2. The second kappa shape index (κ2) is 5.01. The highest BCUT2D eigenvalue weighted by atomic mass is 35.5. The Balaban J connectivity index is 2.40. The van der Waals surface area contributed by atoms with E-state index in [1.807, 2.05) is 19.9 Å². The lowest BCUT2D eigenvalue weighted by molar-refractivity contribution is 0.393. The van der Waals surface area contributed by atoms with Crippen LogP contribution in [0.2, 0.25) is 5.02 Å². The van der Waals surface area contributed by atoms with Gasteiger partial charge in [0.15, 0.2) is 0 Å². The summed E-state index contributed by atoms with van der Waals surface area (Å²) in [5, 5.41) is 4.80. The van der Waals surface area contributed by atoms with Crippen LogP contribution in [0, 0.1) is 19.3 Å². The van der Waals surface area contributed by atoms with Crippen LogP contribution in [0.3, 0.4) is 0 Å². The Morgan fingerprint density at radius 2 is 1.89 bits per heavy atom. The zero-order chi connectivity index (χ0) is 14.2. The van der Waals surface area contributed by atoms with Crippen molar-refractivity contribution in [2.45, 2.75) is 41.0 Å². The molecular weight excluding hydrogens is 258 g/mol. The molecule has 1 aromatic carbocycles. The summed E-state index contributed by atoms with van der Waals surface area (Å²) in [6, 6.07) is 6.21. The van der Waals surface area contributed by atoms with Gasteiger partial charge in [0, 0.05) is 10.6 Å². The normalized spacial score (nSPS) is 11.9. The van der Waals surface area contributed by atoms with Gasteiger partial charge in [-0.05, 0) is 42.9 Å².